The number of rotatable bonds is 6. The Balaban J connectivity index is 2.20. The van der Waals surface area contributed by atoms with Gasteiger partial charge in [0.25, 0.3) is 11.5 Å². The van der Waals surface area contributed by atoms with Gasteiger partial charge in [-0.05, 0) is 50.5 Å². The Morgan fingerprint density at radius 2 is 1.73 bits per heavy atom. The summed E-state index contributed by atoms with van der Waals surface area (Å²) in [4.78, 5) is 39.0. The summed E-state index contributed by atoms with van der Waals surface area (Å²) in [5.74, 6) is -0.589. The van der Waals surface area contributed by atoms with Gasteiger partial charge in [0.15, 0.2) is 0 Å². The van der Waals surface area contributed by atoms with Gasteiger partial charge in [-0.15, -0.1) is 0 Å². The molecule has 0 spiro atoms. The van der Waals surface area contributed by atoms with Gasteiger partial charge in [-0.25, -0.2) is 4.79 Å². The van der Waals surface area contributed by atoms with Crippen LogP contribution in [0.1, 0.15) is 47.4 Å². The number of hydrogen-bond donors (Lipinski definition) is 1. The molecule has 1 heterocycles. The zero-order valence-electron chi connectivity index (χ0n) is 17.7. The van der Waals surface area contributed by atoms with Crippen molar-refractivity contribution in [2.75, 3.05) is 0 Å². The number of carbonyl (C=O) groups excluding carboxylic acids is 1. The number of hydrogen-bond acceptors (Lipinski definition) is 4. The molecule has 0 aliphatic rings. The molecule has 0 saturated carbocycles. The highest BCUT2D eigenvalue weighted by atomic mass is 16.2. The Labute approximate surface area is 175 Å². The van der Waals surface area contributed by atoms with Crippen molar-refractivity contribution in [3.63, 3.8) is 0 Å². The molecule has 0 radical (unpaired) electrons. The molecule has 0 saturated heterocycles. The fraction of sp³-hybridized carbons (Fsp3) is 0.304. The molecule has 1 N–H and O–H groups in total. The minimum Gasteiger partial charge on any atom is -0.348 e. The number of aryl methyl sites for hydroxylation is 2. The number of aromatic nitrogens is 3. The second-order valence-corrected chi connectivity index (χ2v) is 7.55. The van der Waals surface area contributed by atoms with Crippen LogP contribution in [-0.4, -0.2) is 26.3 Å². The van der Waals surface area contributed by atoms with Crippen molar-refractivity contribution in [2.45, 2.75) is 46.7 Å². The lowest BCUT2D eigenvalue weighted by Crippen LogP contribution is -2.47. The van der Waals surface area contributed by atoms with Crippen LogP contribution in [0.5, 0.6) is 0 Å². The molecule has 0 fully saturated rings. The van der Waals surface area contributed by atoms with Crippen molar-refractivity contribution in [1.82, 2.24) is 19.7 Å². The molecule has 30 heavy (non-hydrogen) atoms. The van der Waals surface area contributed by atoms with Crippen molar-refractivity contribution in [2.24, 2.45) is 0 Å². The van der Waals surface area contributed by atoms with Crippen LogP contribution in [0.2, 0.25) is 0 Å². The minimum atomic E-state index is -0.703. The molecular formula is C23H26N4O3. The van der Waals surface area contributed by atoms with Crippen LogP contribution < -0.4 is 16.6 Å². The zero-order valence-corrected chi connectivity index (χ0v) is 17.7. The summed E-state index contributed by atoms with van der Waals surface area (Å²) in [5, 5.41) is 6.92. The molecule has 7 nitrogen and oxygen atoms in total. The SMILES string of the molecule is CC[C@H](C)NC(=O)c1nn(-c2cccc(C)c2)c(=O)n(Cc2cccc(C)c2)c1=O. The highest BCUT2D eigenvalue weighted by Crippen LogP contribution is 2.08. The van der Waals surface area contributed by atoms with Crippen molar-refractivity contribution in [1.29, 1.82) is 0 Å². The monoisotopic (exact) mass is 406 g/mol. The third-order valence-corrected chi connectivity index (χ3v) is 4.93. The van der Waals surface area contributed by atoms with Gasteiger partial charge in [-0.2, -0.15) is 9.78 Å². The second-order valence-electron chi connectivity index (χ2n) is 7.55. The largest absolute Gasteiger partial charge is 0.352 e. The molecule has 156 valence electrons. The van der Waals surface area contributed by atoms with Gasteiger partial charge in [0.05, 0.1) is 12.2 Å². The molecule has 2 aromatic carbocycles. The Morgan fingerprint density at radius 3 is 2.37 bits per heavy atom. The minimum absolute atomic E-state index is 0.0529. The normalized spacial score (nSPS) is 11.9. The van der Waals surface area contributed by atoms with Gasteiger partial charge in [0, 0.05) is 6.04 Å². The molecule has 0 aliphatic heterocycles. The lowest BCUT2D eigenvalue weighted by Gasteiger charge is -2.14. The number of nitrogens with one attached hydrogen (secondary N) is 1. The lowest BCUT2D eigenvalue weighted by atomic mass is 10.1. The van der Waals surface area contributed by atoms with Crippen LogP contribution in [0, 0.1) is 13.8 Å². The van der Waals surface area contributed by atoms with Gasteiger partial charge in [-0.3, -0.25) is 14.2 Å². The lowest BCUT2D eigenvalue weighted by molar-refractivity contribution is 0.0929. The highest BCUT2D eigenvalue weighted by Gasteiger charge is 2.21. The third kappa shape index (κ3) is 4.56. The van der Waals surface area contributed by atoms with Crippen LogP contribution in [0.25, 0.3) is 5.69 Å². The van der Waals surface area contributed by atoms with E-state index < -0.39 is 17.2 Å². The van der Waals surface area contributed by atoms with Gasteiger partial charge < -0.3 is 5.32 Å². The van der Waals surface area contributed by atoms with Gasteiger partial charge >= 0.3 is 5.69 Å². The van der Waals surface area contributed by atoms with Crippen LogP contribution in [0.15, 0.2) is 58.1 Å². The molecule has 0 unspecified atom stereocenters. The summed E-state index contributed by atoms with van der Waals surface area (Å²) in [6, 6.07) is 14.6. The second kappa shape index (κ2) is 8.90. The predicted octanol–water partition coefficient (Wildman–Crippen LogP) is 2.59. The first-order valence-electron chi connectivity index (χ1n) is 9.97. The first-order chi connectivity index (χ1) is 14.3. The van der Waals surface area contributed by atoms with E-state index in [0.717, 1.165) is 25.9 Å². The number of amides is 1. The quantitative estimate of drug-likeness (QED) is 0.682. The number of nitrogens with zero attached hydrogens (tertiary/aromatic N) is 3. The van der Waals surface area contributed by atoms with Gasteiger partial charge in [0.2, 0.25) is 5.69 Å². The third-order valence-electron chi connectivity index (χ3n) is 4.93. The summed E-state index contributed by atoms with van der Waals surface area (Å²) >= 11 is 0. The Hall–Kier alpha value is -3.48. The molecule has 1 amide bonds. The fourth-order valence-electron chi connectivity index (χ4n) is 3.11. The van der Waals surface area contributed by atoms with E-state index in [1.54, 1.807) is 18.2 Å². The summed E-state index contributed by atoms with van der Waals surface area (Å²) in [7, 11) is 0. The van der Waals surface area contributed by atoms with E-state index in [4.69, 9.17) is 0 Å². The fourth-order valence-corrected chi connectivity index (χ4v) is 3.11. The van der Waals surface area contributed by atoms with Crippen molar-refractivity contribution in [3.05, 3.63) is 91.8 Å². The molecule has 3 aromatic rings. The van der Waals surface area contributed by atoms with Crippen LogP contribution >= 0.6 is 0 Å². The molecule has 7 heteroatoms. The number of carbonyl (C=O) groups is 1. The summed E-state index contributed by atoms with van der Waals surface area (Å²) in [6.07, 6.45) is 0.709. The number of benzene rings is 2. The molecule has 1 atom stereocenters. The summed E-state index contributed by atoms with van der Waals surface area (Å²) < 4.78 is 2.19. The van der Waals surface area contributed by atoms with Gasteiger partial charge in [-0.1, -0.05) is 48.9 Å². The molecule has 0 aliphatic carbocycles. The highest BCUT2D eigenvalue weighted by molar-refractivity contribution is 5.91. The van der Waals surface area contributed by atoms with Crippen molar-refractivity contribution >= 4 is 5.91 Å². The van der Waals surface area contributed by atoms with Crippen molar-refractivity contribution in [3.8, 4) is 5.69 Å². The van der Waals surface area contributed by atoms with Crippen molar-refractivity contribution < 1.29 is 4.79 Å². The molecule has 3 rings (SSSR count). The summed E-state index contributed by atoms with van der Waals surface area (Å²) in [6.45, 7) is 7.67. The average molecular weight is 406 g/mol. The first kappa shape index (κ1) is 21.2. The maximum atomic E-state index is 13.2. The first-order valence-corrected chi connectivity index (χ1v) is 9.97. The maximum Gasteiger partial charge on any atom is 0.352 e. The smallest absolute Gasteiger partial charge is 0.348 e. The topological polar surface area (TPSA) is 86.0 Å². The van der Waals surface area contributed by atoms with Gasteiger partial charge in [0.1, 0.15) is 0 Å². The van der Waals surface area contributed by atoms with E-state index in [9.17, 15) is 14.4 Å². The van der Waals surface area contributed by atoms with Crippen LogP contribution in [-0.2, 0) is 6.54 Å². The zero-order chi connectivity index (χ0) is 21.8. The van der Waals surface area contributed by atoms with Crippen LogP contribution in [0.4, 0.5) is 0 Å². The molecular weight excluding hydrogens is 380 g/mol. The van der Waals surface area contributed by atoms with Crippen LogP contribution in [0.3, 0.4) is 0 Å². The van der Waals surface area contributed by atoms with E-state index in [1.165, 1.54) is 0 Å². The maximum absolute atomic E-state index is 13.2. The van der Waals surface area contributed by atoms with E-state index in [1.807, 2.05) is 58.0 Å². The Morgan fingerprint density at radius 1 is 1.07 bits per heavy atom. The standard InChI is InChI=1S/C23H26N4O3/c1-5-17(4)24-21(28)20-22(29)26(14-18-10-6-8-15(2)12-18)23(30)27(25-20)19-11-7-9-16(3)13-19/h6-13,17H,5,14H2,1-4H3,(H,24,28)/t17-/m0/s1. The van der Waals surface area contributed by atoms with E-state index in [-0.39, 0.29) is 18.3 Å². The Kier molecular flexibility index (Phi) is 6.30. The molecule has 0 bridgehead atoms. The van der Waals surface area contributed by atoms with E-state index in [2.05, 4.69) is 10.4 Å². The molecule has 1 aromatic heterocycles. The van der Waals surface area contributed by atoms with E-state index in [0.29, 0.717) is 12.1 Å². The Bertz CT molecular complexity index is 1190. The van der Waals surface area contributed by atoms with E-state index >= 15 is 0 Å². The predicted molar refractivity (Wildman–Crippen MR) is 116 cm³/mol. The average Bonchev–Trinajstić information content (AvgIpc) is 2.71. The summed E-state index contributed by atoms with van der Waals surface area (Å²) in [5.41, 5.74) is 1.65.